The van der Waals surface area contributed by atoms with Crippen molar-refractivity contribution in [3.8, 4) is 0 Å². The number of hydrogen-bond donors (Lipinski definition) is 0. The Morgan fingerprint density at radius 2 is 1.91 bits per heavy atom. The van der Waals surface area contributed by atoms with Gasteiger partial charge in [0.25, 0.3) is 0 Å². The highest BCUT2D eigenvalue weighted by atomic mass is 32.2. The minimum Gasteiger partial charge on any atom is -0.460 e. The molecule has 3 rings (SSSR count). The van der Waals surface area contributed by atoms with E-state index in [-0.39, 0.29) is 17.4 Å². The Hall–Kier alpha value is -2.50. The van der Waals surface area contributed by atoms with Crippen LogP contribution in [0.5, 0.6) is 0 Å². The van der Waals surface area contributed by atoms with Gasteiger partial charge in [-0.05, 0) is 38.5 Å². The van der Waals surface area contributed by atoms with Gasteiger partial charge < -0.3 is 18.8 Å². The van der Waals surface area contributed by atoms with E-state index in [0.717, 1.165) is 18.4 Å². The Morgan fingerprint density at radius 1 is 1.18 bits per heavy atom. The number of rotatable bonds is 11. The van der Waals surface area contributed by atoms with Gasteiger partial charge in [0.2, 0.25) is 10.0 Å². The summed E-state index contributed by atoms with van der Waals surface area (Å²) in [5.41, 5.74) is 1.38. The second-order valence-electron chi connectivity index (χ2n) is 8.40. The third-order valence-electron chi connectivity index (χ3n) is 5.41. The largest absolute Gasteiger partial charge is 0.460 e. The number of fused-ring (bicyclic) bond motifs is 1. The summed E-state index contributed by atoms with van der Waals surface area (Å²) in [6.45, 7) is 7.20. The molecule has 0 saturated carbocycles. The Bertz CT molecular complexity index is 1110. The zero-order valence-corrected chi connectivity index (χ0v) is 20.8. The fraction of sp³-hybridized carbons (Fsp3) is 0.609. The van der Waals surface area contributed by atoms with Crippen molar-refractivity contribution in [2.45, 2.75) is 64.0 Å². The van der Waals surface area contributed by atoms with E-state index in [2.05, 4.69) is 11.9 Å². The molecule has 1 aliphatic heterocycles. The van der Waals surface area contributed by atoms with Gasteiger partial charge in [0.1, 0.15) is 5.82 Å². The Labute approximate surface area is 200 Å². The first-order chi connectivity index (χ1) is 16.2. The second kappa shape index (κ2) is 11.8. The van der Waals surface area contributed by atoms with E-state index in [0.29, 0.717) is 50.6 Å². The molecule has 0 aliphatic carbocycles. The van der Waals surface area contributed by atoms with Crippen molar-refractivity contribution in [2.75, 3.05) is 32.9 Å². The number of benzene rings is 1. The maximum atomic E-state index is 13.0. The molecule has 1 saturated heterocycles. The molecule has 0 spiro atoms. The summed E-state index contributed by atoms with van der Waals surface area (Å²) in [7, 11) is -3.64. The van der Waals surface area contributed by atoms with Gasteiger partial charge in [-0.15, -0.1) is 0 Å². The van der Waals surface area contributed by atoms with Crippen LogP contribution in [0.15, 0.2) is 23.1 Å². The molecule has 34 heavy (non-hydrogen) atoms. The number of carbonyl (C=O) groups excluding carboxylic acids is 2. The van der Waals surface area contributed by atoms with Crippen molar-refractivity contribution in [1.29, 1.82) is 0 Å². The van der Waals surface area contributed by atoms with Crippen LogP contribution in [0.4, 0.5) is 0 Å². The molecule has 1 aromatic heterocycles. The number of ether oxygens (including phenoxy) is 3. The second-order valence-corrected chi connectivity index (χ2v) is 10.3. The van der Waals surface area contributed by atoms with Crippen LogP contribution < -0.4 is 0 Å². The molecule has 0 N–H and O–H groups in total. The number of sulfonamides is 1. The van der Waals surface area contributed by atoms with Gasteiger partial charge in [0, 0.05) is 26.1 Å². The van der Waals surface area contributed by atoms with E-state index >= 15 is 0 Å². The Kier molecular flexibility index (Phi) is 9.03. The highest BCUT2D eigenvalue weighted by Crippen LogP contribution is 2.24. The molecule has 11 heteroatoms. The molecule has 0 atom stereocenters. The zero-order valence-electron chi connectivity index (χ0n) is 20.0. The van der Waals surface area contributed by atoms with E-state index in [1.54, 1.807) is 32.0 Å². The molecule has 2 aromatic rings. The zero-order chi connectivity index (χ0) is 24.7. The van der Waals surface area contributed by atoms with Crippen molar-refractivity contribution >= 4 is 33.0 Å². The van der Waals surface area contributed by atoms with Crippen LogP contribution >= 0.6 is 0 Å². The summed E-state index contributed by atoms with van der Waals surface area (Å²) in [5, 5.41) is 0. The van der Waals surface area contributed by atoms with Crippen LogP contribution in [0, 0.1) is 0 Å². The van der Waals surface area contributed by atoms with Crippen LogP contribution in [0.2, 0.25) is 0 Å². The first kappa shape index (κ1) is 26.1. The Balaban J connectivity index is 1.76. The van der Waals surface area contributed by atoms with Gasteiger partial charge in [0.15, 0.2) is 6.61 Å². The third-order valence-corrected chi connectivity index (χ3v) is 7.31. The van der Waals surface area contributed by atoms with E-state index in [1.165, 1.54) is 4.31 Å². The molecule has 10 nitrogen and oxygen atoms in total. The van der Waals surface area contributed by atoms with Gasteiger partial charge >= 0.3 is 11.9 Å². The maximum Gasteiger partial charge on any atom is 0.344 e. The topological polar surface area (TPSA) is 117 Å². The SMILES string of the molecule is CCCCn1c(CCC(=O)OCC(=O)OC(C)C)nc2cc(S(=O)(=O)N3CCOCC3)ccc21. The first-order valence-electron chi connectivity index (χ1n) is 11.6. The van der Waals surface area contributed by atoms with Crippen LogP contribution in [0.3, 0.4) is 0 Å². The summed E-state index contributed by atoms with van der Waals surface area (Å²) < 4.78 is 44.8. The number of nitrogens with zero attached hydrogens (tertiary/aromatic N) is 3. The van der Waals surface area contributed by atoms with E-state index < -0.39 is 28.6 Å². The minimum absolute atomic E-state index is 0.0450. The summed E-state index contributed by atoms with van der Waals surface area (Å²) in [5.74, 6) is -0.441. The van der Waals surface area contributed by atoms with Crippen LogP contribution in [-0.2, 0) is 46.8 Å². The van der Waals surface area contributed by atoms with Crippen molar-refractivity contribution in [2.24, 2.45) is 0 Å². The highest BCUT2D eigenvalue weighted by Gasteiger charge is 2.27. The molecule has 0 unspecified atom stereocenters. The first-order valence-corrected chi connectivity index (χ1v) is 13.1. The van der Waals surface area contributed by atoms with Crippen LogP contribution in [0.25, 0.3) is 11.0 Å². The number of imidazole rings is 1. The molecule has 1 fully saturated rings. The van der Waals surface area contributed by atoms with Gasteiger partial charge in [-0.3, -0.25) is 4.79 Å². The van der Waals surface area contributed by atoms with Crippen LogP contribution in [0.1, 0.15) is 45.9 Å². The molecule has 0 amide bonds. The number of hydrogen-bond acceptors (Lipinski definition) is 8. The molecule has 1 aliphatic rings. The molecule has 0 radical (unpaired) electrons. The van der Waals surface area contributed by atoms with Gasteiger partial charge in [-0.1, -0.05) is 13.3 Å². The molecule has 1 aromatic carbocycles. The van der Waals surface area contributed by atoms with Gasteiger partial charge in [0.05, 0.1) is 41.7 Å². The number of aromatic nitrogens is 2. The number of unbranched alkanes of at least 4 members (excludes halogenated alkanes) is 1. The lowest BCUT2D eigenvalue weighted by Crippen LogP contribution is -2.40. The molecule has 188 valence electrons. The summed E-state index contributed by atoms with van der Waals surface area (Å²) >= 11 is 0. The van der Waals surface area contributed by atoms with Crippen LogP contribution in [-0.4, -0.2) is 73.2 Å². The standard InChI is InChI=1S/C23H33N3O7S/c1-4-5-10-26-20-7-6-18(34(29,30)25-11-13-31-14-12-25)15-19(20)24-21(26)8-9-22(27)32-16-23(28)33-17(2)3/h6-7,15,17H,4-5,8-14,16H2,1-3H3. The predicted molar refractivity (Wildman–Crippen MR) is 125 cm³/mol. The monoisotopic (exact) mass is 495 g/mol. The summed E-state index contributed by atoms with van der Waals surface area (Å²) in [6, 6.07) is 4.97. The summed E-state index contributed by atoms with van der Waals surface area (Å²) in [4.78, 5) is 28.6. The lowest BCUT2D eigenvalue weighted by Gasteiger charge is -2.26. The van der Waals surface area contributed by atoms with Crippen molar-refractivity contribution in [1.82, 2.24) is 13.9 Å². The van der Waals surface area contributed by atoms with Crippen molar-refractivity contribution < 1.29 is 32.2 Å². The maximum absolute atomic E-state index is 13.0. The molecular formula is C23H33N3O7S. The fourth-order valence-corrected chi connectivity index (χ4v) is 5.16. The summed E-state index contributed by atoms with van der Waals surface area (Å²) in [6.07, 6.45) is 1.97. The number of carbonyl (C=O) groups is 2. The normalized spacial score (nSPS) is 15.1. The minimum atomic E-state index is -3.64. The third kappa shape index (κ3) is 6.55. The smallest absolute Gasteiger partial charge is 0.344 e. The Morgan fingerprint density at radius 3 is 2.59 bits per heavy atom. The highest BCUT2D eigenvalue weighted by molar-refractivity contribution is 7.89. The van der Waals surface area contributed by atoms with E-state index in [4.69, 9.17) is 14.2 Å². The lowest BCUT2D eigenvalue weighted by atomic mass is 10.2. The van der Waals surface area contributed by atoms with E-state index in [1.807, 2.05) is 4.57 Å². The molecular weight excluding hydrogens is 462 g/mol. The number of esters is 2. The number of aryl methyl sites for hydroxylation is 2. The fourth-order valence-electron chi connectivity index (χ4n) is 3.73. The molecule has 2 heterocycles. The van der Waals surface area contributed by atoms with Crippen molar-refractivity contribution in [3.63, 3.8) is 0 Å². The lowest BCUT2D eigenvalue weighted by molar-refractivity contribution is -0.161. The predicted octanol–water partition coefficient (Wildman–Crippen LogP) is 2.28. The average molecular weight is 496 g/mol. The van der Waals surface area contributed by atoms with Crippen molar-refractivity contribution in [3.05, 3.63) is 24.0 Å². The quantitative estimate of drug-likeness (QED) is 0.436. The average Bonchev–Trinajstić information content (AvgIpc) is 3.16. The van der Waals surface area contributed by atoms with Gasteiger partial charge in [-0.25, -0.2) is 18.2 Å². The van der Waals surface area contributed by atoms with Gasteiger partial charge in [-0.2, -0.15) is 4.31 Å². The van der Waals surface area contributed by atoms with E-state index in [9.17, 15) is 18.0 Å². The molecule has 0 bridgehead atoms. The number of morpholine rings is 1.